The van der Waals surface area contributed by atoms with E-state index < -0.39 is 0 Å². The number of hydrogen-bond acceptors (Lipinski definition) is 1. The molecule has 1 heterocycles. The molecule has 0 aliphatic heterocycles. The summed E-state index contributed by atoms with van der Waals surface area (Å²) in [4.78, 5) is 0. The first kappa shape index (κ1) is 9.01. The number of aryl methyl sites for hydroxylation is 1. The average Bonchev–Trinajstić information content (AvgIpc) is 2.62. The molecule has 0 unspecified atom stereocenters. The maximum atomic E-state index is 2.23. The van der Waals surface area contributed by atoms with Crippen molar-refractivity contribution in [3.63, 3.8) is 0 Å². The summed E-state index contributed by atoms with van der Waals surface area (Å²) in [6.45, 7) is 2.13. The number of hydrogen-bond donors (Lipinski definition) is 0. The van der Waals surface area contributed by atoms with Gasteiger partial charge in [-0.25, -0.2) is 0 Å². The Kier molecular flexibility index (Phi) is 2.84. The summed E-state index contributed by atoms with van der Waals surface area (Å²) >= 11 is 2.35. The van der Waals surface area contributed by atoms with Gasteiger partial charge < -0.3 is 0 Å². The average molecular weight is 253 g/mol. The van der Waals surface area contributed by atoms with E-state index in [1.807, 2.05) is 11.3 Å². The summed E-state index contributed by atoms with van der Waals surface area (Å²) in [6.07, 6.45) is 0. The molecule has 0 atom stereocenters. The van der Waals surface area contributed by atoms with Gasteiger partial charge in [-0.1, -0.05) is 0 Å². The van der Waals surface area contributed by atoms with Crippen molar-refractivity contribution in [1.82, 2.24) is 0 Å². The van der Waals surface area contributed by atoms with Crippen LogP contribution >= 0.6 is 11.3 Å². The summed E-state index contributed by atoms with van der Waals surface area (Å²) in [7, 11) is 0. The second-order valence-corrected chi connectivity index (χ2v) is 6.72. The van der Waals surface area contributed by atoms with Gasteiger partial charge in [-0.15, -0.1) is 0 Å². The van der Waals surface area contributed by atoms with E-state index in [-0.39, 0.29) is 0 Å². The molecular formula is C11H10SSe. The minimum absolute atomic E-state index is 0.502. The summed E-state index contributed by atoms with van der Waals surface area (Å²) in [6, 6.07) is 13.2. The number of rotatable bonds is 2. The van der Waals surface area contributed by atoms with E-state index in [1.165, 1.54) is 13.8 Å². The second kappa shape index (κ2) is 4.10. The van der Waals surface area contributed by atoms with Crippen LogP contribution in [0.15, 0.2) is 41.8 Å². The fourth-order valence-electron chi connectivity index (χ4n) is 1.04. The topological polar surface area (TPSA) is 0 Å². The van der Waals surface area contributed by atoms with Crippen LogP contribution in [0.3, 0.4) is 0 Å². The predicted molar refractivity (Wildman–Crippen MR) is 60.5 cm³/mol. The van der Waals surface area contributed by atoms with Gasteiger partial charge in [0.25, 0.3) is 0 Å². The third kappa shape index (κ3) is 2.44. The first-order valence-electron chi connectivity index (χ1n) is 4.12. The predicted octanol–water partition coefficient (Wildman–Crippen LogP) is 1.71. The Morgan fingerprint density at radius 2 is 1.85 bits per heavy atom. The monoisotopic (exact) mass is 254 g/mol. The van der Waals surface area contributed by atoms with Crippen molar-refractivity contribution in [1.29, 1.82) is 0 Å². The Labute approximate surface area is 88.8 Å². The molecule has 1 aromatic carbocycles. The van der Waals surface area contributed by atoms with Crippen molar-refractivity contribution >= 4 is 34.5 Å². The normalized spacial score (nSPS) is 10.2. The third-order valence-corrected chi connectivity index (χ3v) is 5.21. The van der Waals surface area contributed by atoms with Crippen LogP contribution in [0.2, 0.25) is 0 Å². The zero-order valence-electron chi connectivity index (χ0n) is 7.36. The molecule has 0 nitrogen and oxygen atoms in total. The number of benzene rings is 1. The van der Waals surface area contributed by atoms with Crippen LogP contribution in [0.4, 0.5) is 0 Å². The zero-order chi connectivity index (χ0) is 9.10. The van der Waals surface area contributed by atoms with E-state index in [0.29, 0.717) is 15.0 Å². The van der Waals surface area contributed by atoms with Crippen molar-refractivity contribution in [2.45, 2.75) is 6.92 Å². The van der Waals surface area contributed by atoms with E-state index >= 15 is 0 Å². The van der Waals surface area contributed by atoms with Crippen molar-refractivity contribution < 1.29 is 0 Å². The van der Waals surface area contributed by atoms with Crippen LogP contribution in [0, 0.1) is 6.92 Å². The van der Waals surface area contributed by atoms with Gasteiger partial charge in [-0.2, -0.15) is 0 Å². The molecule has 0 bridgehead atoms. The van der Waals surface area contributed by atoms with Gasteiger partial charge in [0.05, 0.1) is 0 Å². The molecule has 0 aliphatic carbocycles. The van der Waals surface area contributed by atoms with Gasteiger partial charge in [0, 0.05) is 0 Å². The van der Waals surface area contributed by atoms with Crippen molar-refractivity contribution in [3.8, 4) is 0 Å². The van der Waals surface area contributed by atoms with Gasteiger partial charge >= 0.3 is 88.8 Å². The number of thiophene rings is 1. The molecule has 1 aromatic heterocycles. The molecule has 0 amide bonds. The molecule has 0 radical (unpaired) electrons. The van der Waals surface area contributed by atoms with E-state index in [4.69, 9.17) is 0 Å². The molecule has 0 fully saturated rings. The van der Waals surface area contributed by atoms with Crippen LogP contribution in [-0.4, -0.2) is 15.0 Å². The molecule has 66 valence electrons. The van der Waals surface area contributed by atoms with Gasteiger partial charge in [0.2, 0.25) is 0 Å². The van der Waals surface area contributed by atoms with Crippen LogP contribution in [0.1, 0.15) is 5.56 Å². The summed E-state index contributed by atoms with van der Waals surface area (Å²) in [5.74, 6) is 0. The Balaban J connectivity index is 2.15. The van der Waals surface area contributed by atoms with Gasteiger partial charge in [-0.05, 0) is 0 Å². The molecule has 2 aromatic rings. The van der Waals surface area contributed by atoms with E-state index in [2.05, 4.69) is 48.7 Å². The third-order valence-electron chi connectivity index (χ3n) is 1.73. The Morgan fingerprint density at radius 1 is 1.08 bits per heavy atom. The fraction of sp³-hybridized carbons (Fsp3) is 0.0909. The molecule has 0 saturated carbocycles. The molecule has 0 spiro atoms. The summed E-state index contributed by atoms with van der Waals surface area (Å²) in [5, 5.41) is 2.14. The van der Waals surface area contributed by atoms with Crippen LogP contribution in [-0.2, 0) is 0 Å². The van der Waals surface area contributed by atoms with E-state index in [9.17, 15) is 0 Å². The van der Waals surface area contributed by atoms with Crippen LogP contribution in [0.5, 0.6) is 0 Å². The molecular weight excluding hydrogens is 243 g/mol. The maximum absolute atomic E-state index is 2.23. The standard InChI is InChI=1S/C11H10SSe/c1-9-4-6-10(7-5-9)13-11-3-2-8-12-11/h2-8H,1H3. The first-order chi connectivity index (χ1) is 6.34. The first-order valence-corrected chi connectivity index (χ1v) is 6.72. The van der Waals surface area contributed by atoms with Gasteiger partial charge in [0.1, 0.15) is 0 Å². The molecule has 0 N–H and O–H groups in total. The van der Waals surface area contributed by atoms with E-state index in [1.54, 1.807) is 0 Å². The Hall–Kier alpha value is -0.561. The Morgan fingerprint density at radius 3 is 2.46 bits per heavy atom. The van der Waals surface area contributed by atoms with Gasteiger partial charge in [0.15, 0.2) is 0 Å². The van der Waals surface area contributed by atoms with Crippen molar-refractivity contribution in [2.75, 3.05) is 0 Å². The Bertz CT molecular complexity index is 361. The zero-order valence-corrected chi connectivity index (χ0v) is 9.89. The molecule has 2 heteroatoms. The quantitative estimate of drug-likeness (QED) is 0.715. The minimum atomic E-state index is 0.502. The molecule has 0 saturated heterocycles. The van der Waals surface area contributed by atoms with Crippen LogP contribution < -0.4 is 8.24 Å². The van der Waals surface area contributed by atoms with Gasteiger partial charge in [-0.3, -0.25) is 0 Å². The SMILES string of the molecule is Cc1ccc([Se]c2cccs2)cc1. The fourth-order valence-corrected chi connectivity index (χ4v) is 4.06. The second-order valence-electron chi connectivity index (χ2n) is 2.85. The van der Waals surface area contributed by atoms with Crippen molar-refractivity contribution in [2.24, 2.45) is 0 Å². The molecule has 13 heavy (non-hydrogen) atoms. The van der Waals surface area contributed by atoms with Crippen LogP contribution in [0.25, 0.3) is 0 Å². The molecule has 0 aliphatic rings. The summed E-state index contributed by atoms with van der Waals surface area (Å²) < 4.78 is 2.96. The van der Waals surface area contributed by atoms with Crippen molar-refractivity contribution in [3.05, 3.63) is 47.3 Å². The molecule has 2 rings (SSSR count). The summed E-state index contributed by atoms with van der Waals surface area (Å²) in [5.41, 5.74) is 1.34. The van der Waals surface area contributed by atoms with E-state index in [0.717, 1.165) is 0 Å².